The Kier molecular flexibility index (Phi) is 6.13. The van der Waals surface area contributed by atoms with Crippen molar-refractivity contribution in [1.82, 2.24) is 4.90 Å². The molecule has 0 aliphatic rings. The second-order valence-electron chi connectivity index (χ2n) is 4.79. The molecule has 0 aromatic heterocycles. The van der Waals surface area contributed by atoms with Crippen molar-refractivity contribution in [3.05, 3.63) is 29.6 Å². The van der Waals surface area contributed by atoms with Gasteiger partial charge in [0.2, 0.25) is 0 Å². The number of urea groups is 1. The maximum atomic E-state index is 13.6. The molecule has 2 amide bonds. The summed E-state index contributed by atoms with van der Waals surface area (Å²) in [6, 6.07) is 4.16. The summed E-state index contributed by atoms with van der Waals surface area (Å²) in [6.07, 6.45) is 2.21. The Morgan fingerprint density at radius 3 is 2.65 bits per heavy atom. The van der Waals surface area contributed by atoms with Crippen LogP contribution in [0.5, 0.6) is 0 Å². The van der Waals surface area contributed by atoms with Gasteiger partial charge in [0.05, 0.1) is 0 Å². The van der Waals surface area contributed by atoms with Crippen molar-refractivity contribution < 1.29 is 13.4 Å². The van der Waals surface area contributed by atoms with Gasteiger partial charge in [0, 0.05) is 41.6 Å². The van der Waals surface area contributed by atoms with E-state index in [0.29, 0.717) is 23.4 Å². The molecule has 0 fully saturated rings. The third kappa shape index (κ3) is 4.59. The zero-order valence-electron chi connectivity index (χ0n) is 12.3. The van der Waals surface area contributed by atoms with Gasteiger partial charge in [0.25, 0.3) is 0 Å². The first-order valence-electron chi connectivity index (χ1n) is 6.47. The van der Waals surface area contributed by atoms with Crippen molar-refractivity contribution >= 4 is 22.5 Å². The van der Waals surface area contributed by atoms with Crippen LogP contribution in [-0.4, -0.2) is 40.2 Å². The maximum Gasteiger partial charge on any atom is 0.321 e. The fourth-order valence-corrected chi connectivity index (χ4v) is 2.68. The summed E-state index contributed by atoms with van der Waals surface area (Å²) in [7, 11) is 0.660. The van der Waals surface area contributed by atoms with Crippen LogP contribution >= 0.6 is 0 Å². The number of benzene rings is 1. The van der Waals surface area contributed by atoms with E-state index in [-0.39, 0.29) is 17.9 Å². The van der Waals surface area contributed by atoms with E-state index in [4.69, 9.17) is 0 Å². The molecule has 1 N–H and O–H groups in total. The van der Waals surface area contributed by atoms with Crippen molar-refractivity contribution in [3.63, 3.8) is 0 Å². The predicted molar refractivity (Wildman–Crippen MR) is 81.0 cm³/mol. The minimum atomic E-state index is -0.969. The molecular weight excluding hydrogens is 279 g/mol. The normalized spacial score (nSPS) is 13.7. The van der Waals surface area contributed by atoms with Crippen LogP contribution in [0.1, 0.15) is 19.4 Å². The molecule has 0 bridgehead atoms. The van der Waals surface area contributed by atoms with Gasteiger partial charge in [-0.2, -0.15) is 0 Å². The van der Waals surface area contributed by atoms with E-state index in [0.717, 1.165) is 0 Å². The number of anilines is 1. The fourth-order valence-electron chi connectivity index (χ4n) is 1.78. The van der Waals surface area contributed by atoms with Gasteiger partial charge >= 0.3 is 6.03 Å². The van der Waals surface area contributed by atoms with Gasteiger partial charge in [-0.1, -0.05) is 13.0 Å². The number of halogens is 1. The molecule has 1 rings (SSSR count). The highest BCUT2D eigenvalue weighted by Crippen LogP contribution is 2.15. The zero-order valence-corrected chi connectivity index (χ0v) is 13.1. The largest absolute Gasteiger partial charge is 0.324 e. The SMILES string of the molecule is CCc1ccc(NC(=O)N(C)[C@H](C)C[S@@](C)=O)cc1F. The van der Waals surface area contributed by atoms with E-state index in [2.05, 4.69) is 5.32 Å². The Morgan fingerprint density at radius 1 is 1.50 bits per heavy atom. The Balaban J connectivity index is 2.70. The molecule has 1 aromatic carbocycles. The lowest BCUT2D eigenvalue weighted by atomic mass is 10.1. The maximum absolute atomic E-state index is 13.6. The first-order valence-corrected chi connectivity index (χ1v) is 8.20. The molecule has 0 unspecified atom stereocenters. The van der Waals surface area contributed by atoms with Crippen molar-refractivity contribution in [2.24, 2.45) is 0 Å². The average molecular weight is 300 g/mol. The van der Waals surface area contributed by atoms with Crippen LogP contribution < -0.4 is 5.32 Å². The molecular formula is C14H21FN2O2S. The van der Waals surface area contributed by atoms with Gasteiger partial charge in [-0.3, -0.25) is 4.21 Å². The van der Waals surface area contributed by atoms with E-state index in [9.17, 15) is 13.4 Å². The number of nitrogens with one attached hydrogen (secondary N) is 1. The van der Waals surface area contributed by atoms with E-state index in [1.54, 1.807) is 25.4 Å². The number of aryl methyl sites for hydroxylation is 1. The van der Waals surface area contributed by atoms with Crippen LogP contribution in [-0.2, 0) is 17.2 Å². The highest BCUT2D eigenvalue weighted by atomic mass is 32.2. The van der Waals surface area contributed by atoms with E-state index in [1.807, 2.05) is 13.8 Å². The zero-order chi connectivity index (χ0) is 15.3. The summed E-state index contributed by atoms with van der Waals surface area (Å²) in [5.74, 6) is 0.0863. The van der Waals surface area contributed by atoms with Gasteiger partial charge in [0.15, 0.2) is 0 Å². The summed E-state index contributed by atoms with van der Waals surface area (Å²) >= 11 is 0. The molecule has 0 spiro atoms. The molecule has 112 valence electrons. The number of amides is 2. The summed E-state index contributed by atoms with van der Waals surface area (Å²) in [5.41, 5.74) is 1.03. The lowest BCUT2D eigenvalue weighted by Gasteiger charge is -2.24. The fraction of sp³-hybridized carbons (Fsp3) is 0.500. The number of nitrogens with zero attached hydrogens (tertiary/aromatic N) is 1. The quantitative estimate of drug-likeness (QED) is 0.908. The topological polar surface area (TPSA) is 49.4 Å². The first-order chi connectivity index (χ1) is 9.35. The Morgan fingerprint density at radius 2 is 2.15 bits per heavy atom. The summed E-state index contributed by atoms with van der Waals surface area (Å²) in [4.78, 5) is 13.5. The average Bonchev–Trinajstić information content (AvgIpc) is 2.37. The van der Waals surface area contributed by atoms with E-state index >= 15 is 0 Å². The van der Waals surface area contributed by atoms with Crippen LogP contribution in [0.3, 0.4) is 0 Å². The Hall–Kier alpha value is -1.43. The van der Waals surface area contributed by atoms with Crippen molar-refractivity contribution in [2.45, 2.75) is 26.3 Å². The van der Waals surface area contributed by atoms with E-state index < -0.39 is 10.8 Å². The molecule has 2 atom stereocenters. The molecule has 0 saturated heterocycles. The molecule has 0 radical (unpaired) electrons. The van der Waals surface area contributed by atoms with E-state index in [1.165, 1.54) is 11.0 Å². The highest BCUT2D eigenvalue weighted by Gasteiger charge is 2.17. The second-order valence-corrected chi connectivity index (χ2v) is 6.27. The summed E-state index contributed by atoms with van der Waals surface area (Å²) in [5, 5.41) is 2.64. The lowest BCUT2D eigenvalue weighted by molar-refractivity contribution is 0.212. The van der Waals surface area contributed by atoms with Crippen molar-refractivity contribution in [2.75, 3.05) is 24.4 Å². The van der Waals surface area contributed by atoms with Gasteiger partial charge in [0.1, 0.15) is 5.82 Å². The number of carbonyl (C=O) groups is 1. The molecule has 0 heterocycles. The smallest absolute Gasteiger partial charge is 0.321 e. The van der Waals surface area contributed by atoms with Crippen LogP contribution in [0, 0.1) is 5.82 Å². The Labute approximate surface area is 121 Å². The third-order valence-corrected chi connectivity index (χ3v) is 4.09. The summed E-state index contributed by atoms with van der Waals surface area (Å²) < 4.78 is 24.8. The Bertz CT molecular complexity index is 508. The minimum Gasteiger partial charge on any atom is -0.324 e. The van der Waals surface area contributed by atoms with Gasteiger partial charge < -0.3 is 10.2 Å². The first kappa shape index (κ1) is 16.6. The number of hydrogen-bond donors (Lipinski definition) is 1. The summed E-state index contributed by atoms with van der Waals surface area (Å²) in [6.45, 7) is 3.69. The predicted octanol–water partition coefficient (Wildman–Crippen LogP) is 2.62. The molecule has 1 aromatic rings. The van der Waals surface area contributed by atoms with Crippen molar-refractivity contribution in [1.29, 1.82) is 0 Å². The highest BCUT2D eigenvalue weighted by molar-refractivity contribution is 7.84. The van der Waals surface area contributed by atoms with Crippen molar-refractivity contribution in [3.8, 4) is 0 Å². The van der Waals surface area contributed by atoms with Gasteiger partial charge in [-0.05, 0) is 31.0 Å². The lowest BCUT2D eigenvalue weighted by Crippen LogP contribution is -2.40. The molecule has 20 heavy (non-hydrogen) atoms. The molecule has 6 heteroatoms. The molecule has 0 aliphatic heterocycles. The van der Waals surface area contributed by atoms with Crippen LogP contribution in [0.25, 0.3) is 0 Å². The van der Waals surface area contributed by atoms with Crippen LogP contribution in [0.15, 0.2) is 18.2 Å². The number of hydrogen-bond acceptors (Lipinski definition) is 2. The minimum absolute atomic E-state index is 0.152. The third-order valence-electron chi connectivity index (χ3n) is 3.14. The van der Waals surface area contributed by atoms with Crippen LogP contribution in [0.4, 0.5) is 14.9 Å². The number of rotatable bonds is 5. The molecule has 0 aliphatic carbocycles. The van der Waals surface area contributed by atoms with Crippen LogP contribution in [0.2, 0.25) is 0 Å². The second kappa shape index (κ2) is 7.38. The van der Waals surface area contributed by atoms with Gasteiger partial charge in [-0.25, -0.2) is 9.18 Å². The molecule has 4 nitrogen and oxygen atoms in total. The van der Waals surface area contributed by atoms with Gasteiger partial charge in [-0.15, -0.1) is 0 Å². The monoisotopic (exact) mass is 300 g/mol. The standard InChI is InChI=1S/C14H21FN2O2S/c1-5-11-6-7-12(8-13(11)15)16-14(18)17(3)10(2)9-20(4)19/h6-8,10H,5,9H2,1-4H3,(H,16,18)/t10-,20-/m1/s1. The molecule has 0 saturated carbocycles. The number of carbonyl (C=O) groups excluding carboxylic acids is 1.